The lowest BCUT2D eigenvalue weighted by Crippen LogP contribution is -2.29. The number of benzene rings is 2. The van der Waals surface area contributed by atoms with Crippen LogP contribution in [-0.4, -0.2) is 17.7 Å². The topological polar surface area (TPSA) is 101 Å². The van der Waals surface area contributed by atoms with Crippen molar-refractivity contribution in [3.8, 4) is 0 Å². The van der Waals surface area contributed by atoms with E-state index in [4.69, 9.17) is 5.73 Å². The van der Waals surface area contributed by atoms with Gasteiger partial charge in [0.15, 0.2) is 0 Å². The van der Waals surface area contributed by atoms with E-state index in [-0.39, 0.29) is 0 Å². The van der Waals surface area contributed by atoms with E-state index in [1.807, 2.05) is 19.1 Å². The lowest BCUT2D eigenvalue weighted by molar-refractivity contribution is -0.133. The third-order valence-electron chi connectivity index (χ3n) is 3.01. The van der Waals surface area contributed by atoms with Crippen molar-refractivity contribution in [2.45, 2.75) is 6.92 Å². The van der Waals surface area contributed by atoms with Crippen LogP contribution in [0.15, 0.2) is 46.9 Å². The van der Waals surface area contributed by atoms with E-state index < -0.39 is 17.7 Å². The maximum Gasteiger partial charge on any atom is 0.314 e. The molecule has 2 rings (SSSR count). The molecule has 0 aromatic heterocycles. The average Bonchev–Trinajstić information content (AvgIpc) is 2.50. The number of nitrogens with one attached hydrogen (secondary N) is 2. The van der Waals surface area contributed by atoms with Crippen molar-refractivity contribution in [1.82, 2.24) is 0 Å². The molecule has 0 radical (unpaired) electrons. The number of hydrogen-bond donors (Lipinski definition) is 3. The molecule has 0 bridgehead atoms. The standard InChI is InChI=1S/C16H14BrN3O3/c1-9-2-7-13(12(17)8-9)20-16(23)15(22)19-11-5-3-10(4-6-11)14(18)21/h2-8H,1H3,(H2,18,21)(H,19,22)(H,20,23). The Morgan fingerprint density at radius 1 is 0.957 bits per heavy atom. The summed E-state index contributed by atoms with van der Waals surface area (Å²) in [6, 6.07) is 11.3. The van der Waals surface area contributed by atoms with Crippen LogP contribution in [0.4, 0.5) is 11.4 Å². The Morgan fingerprint density at radius 2 is 1.57 bits per heavy atom. The minimum absolute atomic E-state index is 0.316. The van der Waals surface area contributed by atoms with Crippen molar-refractivity contribution in [3.63, 3.8) is 0 Å². The van der Waals surface area contributed by atoms with E-state index in [2.05, 4.69) is 26.6 Å². The summed E-state index contributed by atoms with van der Waals surface area (Å²) in [6.07, 6.45) is 0. The monoisotopic (exact) mass is 375 g/mol. The Balaban J connectivity index is 2.02. The second-order valence-electron chi connectivity index (χ2n) is 4.83. The normalized spacial score (nSPS) is 10.0. The summed E-state index contributed by atoms with van der Waals surface area (Å²) in [6.45, 7) is 1.92. The molecule has 3 amide bonds. The van der Waals surface area contributed by atoms with E-state index in [1.165, 1.54) is 24.3 Å². The summed E-state index contributed by atoms with van der Waals surface area (Å²) in [5, 5.41) is 4.96. The van der Waals surface area contributed by atoms with Gasteiger partial charge in [0.05, 0.1) is 5.69 Å². The molecule has 0 saturated heterocycles. The fraction of sp³-hybridized carbons (Fsp3) is 0.0625. The van der Waals surface area contributed by atoms with E-state index in [9.17, 15) is 14.4 Å². The summed E-state index contributed by atoms with van der Waals surface area (Å²) in [4.78, 5) is 34.8. The van der Waals surface area contributed by atoms with Crippen LogP contribution in [0.3, 0.4) is 0 Å². The van der Waals surface area contributed by atoms with E-state index in [0.29, 0.717) is 21.4 Å². The number of rotatable bonds is 3. The van der Waals surface area contributed by atoms with Gasteiger partial charge in [0, 0.05) is 15.7 Å². The number of nitrogens with two attached hydrogens (primary N) is 1. The van der Waals surface area contributed by atoms with Crippen LogP contribution in [0.5, 0.6) is 0 Å². The Labute approximate surface area is 141 Å². The Hall–Kier alpha value is -2.67. The molecule has 2 aromatic rings. The number of halogens is 1. The first-order valence-corrected chi connectivity index (χ1v) is 7.44. The highest BCUT2D eigenvalue weighted by molar-refractivity contribution is 9.10. The Kier molecular flexibility index (Phi) is 5.13. The summed E-state index contributed by atoms with van der Waals surface area (Å²) in [5.74, 6) is -2.18. The highest BCUT2D eigenvalue weighted by Gasteiger charge is 2.15. The van der Waals surface area contributed by atoms with Gasteiger partial charge < -0.3 is 16.4 Å². The average molecular weight is 376 g/mol. The highest BCUT2D eigenvalue weighted by Crippen LogP contribution is 2.23. The molecule has 6 nitrogen and oxygen atoms in total. The SMILES string of the molecule is Cc1ccc(NC(=O)C(=O)Nc2ccc(C(N)=O)cc2)c(Br)c1. The fourth-order valence-electron chi connectivity index (χ4n) is 1.81. The van der Waals surface area contributed by atoms with E-state index >= 15 is 0 Å². The van der Waals surface area contributed by atoms with Gasteiger partial charge in [-0.05, 0) is 64.8 Å². The van der Waals surface area contributed by atoms with Crippen molar-refractivity contribution < 1.29 is 14.4 Å². The number of amides is 3. The van der Waals surface area contributed by atoms with Crippen LogP contribution in [0, 0.1) is 6.92 Å². The number of aryl methyl sites for hydroxylation is 1. The van der Waals surface area contributed by atoms with Crippen LogP contribution in [0.25, 0.3) is 0 Å². The molecule has 4 N–H and O–H groups in total. The molecular formula is C16H14BrN3O3. The van der Waals surface area contributed by atoms with Crippen molar-refractivity contribution in [1.29, 1.82) is 0 Å². The quantitative estimate of drug-likeness (QED) is 0.717. The lowest BCUT2D eigenvalue weighted by Gasteiger charge is -2.09. The largest absolute Gasteiger partial charge is 0.366 e. The number of anilines is 2. The molecular weight excluding hydrogens is 362 g/mol. The molecule has 0 aliphatic carbocycles. The number of hydrogen-bond acceptors (Lipinski definition) is 3. The molecule has 2 aromatic carbocycles. The van der Waals surface area contributed by atoms with Gasteiger partial charge in [-0.15, -0.1) is 0 Å². The highest BCUT2D eigenvalue weighted by atomic mass is 79.9. The van der Waals surface area contributed by atoms with Crippen LogP contribution in [0.1, 0.15) is 15.9 Å². The van der Waals surface area contributed by atoms with Gasteiger partial charge in [0.1, 0.15) is 0 Å². The second-order valence-corrected chi connectivity index (χ2v) is 5.69. The number of primary amides is 1. The molecule has 0 unspecified atom stereocenters. The lowest BCUT2D eigenvalue weighted by atomic mass is 10.2. The second kappa shape index (κ2) is 7.06. The van der Waals surface area contributed by atoms with Crippen molar-refractivity contribution in [3.05, 3.63) is 58.1 Å². The van der Waals surface area contributed by atoms with E-state index in [0.717, 1.165) is 5.56 Å². The van der Waals surface area contributed by atoms with Crippen molar-refractivity contribution in [2.24, 2.45) is 5.73 Å². The van der Waals surface area contributed by atoms with Gasteiger partial charge in [-0.2, -0.15) is 0 Å². The fourth-order valence-corrected chi connectivity index (χ4v) is 2.40. The molecule has 0 aliphatic rings. The van der Waals surface area contributed by atoms with Crippen LogP contribution in [0.2, 0.25) is 0 Å². The molecule has 0 spiro atoms. The molecule has 0 saturated carbocycles. The Morgan fingerprint density at radius 3 is 2.13 bits per heavy atom. The van der Waals surface area contributed by atoms with Gasteiger partial charge >= 0.3 is 11.8 Å². The molecule has 118 valence electrons. The van der Waals surface area contributed by atoms with Gasteiger partial charge in [-0.25, -0.2) is 0 Å². The third-order valence-corrected chi connectivity index (χ3v) is 3.66. The Bertz CT molecular complexity index is 773. The van der Waals surface area contributed by atoms with Gasteiger partial charge in [-0.1, -0.05) is 6.07 Å². The van der Waals surface area contributed by atoms with Gasteiger partial charge in [0.25, 0.3) is 0 Å². The zero-order chi connectivity index (χ0) is 17.0. The molecule has 7 heteroatoms. The maximum atomic E-state index is 11.9. The first kappa shape index (κ1) is 16.7. The maximum absolute atomic E-state index is 11.9. The predicted octanol–water partition coefficient (Wildman–Crippen LogP) is 2.43. The molecule has 0 fully saturated rings. The minimum atomic E-state index is -0.815. The van der Waals surface area contributed by atoms with Crippen LogP contribution >= 0.6 is 15.9 Å². The molecule has 23 heavy (non-hydrogen) atoms. The summed E-state index contributed by atoms with van der Waals surface area (Å²) in [7, 11) is 0. The van der Waals surface area contributed by atoms with Crippen molar-refractivity contribution >= 4 is 45.0 Å². The van der Waals surface area contributed by atoms with Gasteiger partial charge in [-0.3, -0.25) is 14.4 Å². The van der Waals surface area contributed by atoms with Crippen LogP contribution < -0.4 is 16.4 Å². The van der Waals surface area contributed by atoms with Crippen molar-refractivity contribution in [2.75, 3.05) is 10.6 Å². The molecule has 0 atom stereocenters. The number of carbonyl (C=O) groups is 3. The first-order chi connectivity index (χ1) is 10.9. The zero-order valence-corrected chi connectivity index (χ0v) is 13.8. The summed E-state index contributed by atoms with van der Waals surface area (Å²) >= 11 is 3.32. The van der Waals surface area contributed by atoms with Gasteiger partial charge in [0.2, 0.25) is 5.91 Å². The third kappa shape index (κ3) is 4.40. The zero-order valence-electron chi connectivity index (χ0n) is 12.2. The minimum Gasteiger partial charge on any atom is -0.366 e. The summed E-state index contributed by atoms with van der Waals surface area (Å²) < 4.78 is 0.685. The molecule has 0 heterocycles. The van der Waals surface area contributed by atoms with Crippen LogP contribution in [-0.2, 0) is 9.59 Å². The summed E-state index contributed by atoms with van der Waals surface area (Å²) in [5.41, 5.74) is 7.35. The molecule has 0 aliphatic heterocycles. The first-order valence-electron chi connectivity index (χ1n) is 6.65. The predicted molar refractivity (Wildman–Crippen MR) is 91.1 cm³/mol. The van der Waals surface area contributed by atoms with E-state index in [1.54, 1.807) is 6.07 Å². The number of carbonyl (C=O) groups excluding carboxylic acids is 3. The smallest absolute Gasteiger partial charge is 0.314 e.